The summed E-state index contributed by atoms with van der Waals surface area (Å²) in [5.41, 5.74) is -0.799. The first kappa shape index (κ1) is 17.1. The van der Waals surface area contributed by atoms with Crippen molar-refractivity contribution in [2.45, 2.75) is 65.3 Å². The van der Waals surface area contributed by atoms with Crippen LogP contribution in [0.25, 0.3) is 0 Å². The van der Waals surface area contributed by atoms with Crippen LogP contribution in [0.2, 0.25) is 0 Å². The Hall–Kier alpha value is -0.940. The summed E-state index contributed by atoms with van der Waals surface area (Å²) < 4.78 is 43.0. The van der Waals surface area contributed by atoms with Crippen LogP contribution in [0, 0.1) is 0 Å². The van der Waals surface area contributed by atoms with Gasteiger partial charge in [-0.3, -0.25) is 4.90 Å². The van der Waals surface area contributed by atoms with E-state index in [2.05, 4.69) is 0 Å². The largest absolute Gasteiger partial charge is 0.444 e. The molecule has 0 aromatic carbocycles. The van der Waals surface area contributed by atoms with Crippen molar-refractivity contribution in [1.82, 2.24) is 4.90 Å². The van der Waals surface area contributed by atoms with Crippen molar-refractivity contribution in [1.29, 1.82) is 0 Å². The van der Waals surface area contributed by atoms with E-state index in [-0.39, 0.29) is 6.54 Å². The molecular weight excluding hydrogens is 247 g/mol. The Labute approximate surface area is 106 Å². The third-order valence-electron chi connectivity index (χ3n) is 2.32. The van der Waals surface area contributed by atoms with Gasteiger partial charge in [0.05, 0.1) is 0 Å². The summed E-state index contributed by atoms with van der Waals surface area (Å²) in [6, 6.07) is -1.83. The standard InChI is InChI=1S/C12H22F3NO2/c1-6-7-8-16(9(2)12(13,14)15)10(17)18-11(3,4)5/h9H,6-8H2,1-5H3. The normalized spacial score (nSPS) is 14.2. The molecule has 18 heavy (non-hydrogen) atoms. The molecule has 0 N–H and O–H groups in total. The lowest BCUT2D eigenvalue weighted by Gasteiger charge is -2.32. The molecule has 0 aliphatic heterocycles. The zero-order valence-corrected chi connectivity index (χ0v) is 11.6. The van der Waals surface area contributed by atoms with Crippen LogP contribution >= 0.6 is 0 Å². The van der Waals surface area contributed by atoms with Crippen molar-refractivity contribution in [3.8, 4) is 0 Å². The Morgan fingerprint density at radius 3 is 2.11 bits per heavy atom. The molecule has 0 spiro atoms. The lowest BCUT2D eigenvalue weighted by atomic mass is 10.2. The average Bonchev–Trinajstić information content (AvgIpc) is 2.13. The molecule has 0 saturated heterocycles. The fraction of sp³-hybridized carbons (Fsp3) is 0.917. The summed E-state index contributed by atoms with van der Waals surface area (Å²) >= 11 is 0. The molecule has 0 bridgehead atoms. The Kier molecular flexibility index (Phi) is 5.96. The molecular formula is C12H22F3NO2. The predicted molar refractivity (Wildman–Crippen MR) is 63.4 cm³/mol. The number of carbonyl (C=O) groups excluding carboxylic acids is 1. The zero-order valence-electron chi connectivity index (χ0n) is 11.6. The van der Waals surface area contributed by atoms with Crippen molar-refractivity contribution < 1.29 is 22.7 Å². The summed E-state index contributed by atoms with van der Waals surface area (Å²) in [4.78, 5) is 12.5. The van der Waals surface area contributed by atoms with Crippen molar-refractivity contribution in [3.63, 3.8) is 0 Å². The van der Waals surface area contributed by atoms with E-state index in [0.717, 1.165) is 11.8 Å². The smallest absolute Gasteiger partial charge is 0.410 e. The number of ether oxygens (including phenoxy) is 1. The van der Waals surface area contributed by atoms with Crippen molar-refractivity contribution in [3.05, 3.63) is 0 Å². The van der Waals surface area contributed by atoms with E-state index >= 15 is 0 Å². The fourth-order valence-corrected chi connectivity index (χ4v) is 1.27. The lowest BCUT2D eigenvalue weighted by Crippen LogP contribution is -2.49. The minimum absolute atomic E-state index is 0.0477. The highest BCUT2D eigenvalue weighted by Gasteiger charge is 2.43. The minimum Gasteiger partial charge on any atom is -0.444 e. The first-order valence-electron chi connectivity index (χ1n) is 6.05. The Balaban J connectivity index is 4.83. The molecule has 108 valence electrons. The van der Waals surface area contributed by atoms with Gasteiger partial charge in [-0.2, -0.15) is 13.2 Å². The SMILES string of the molecule is CCCCN(C(=O)OC(C)(C)C)C(C)C(F)(F)F. The molecule has 1 atom stereocenters. The van der Waals surface area contributed by atoms with Crippen LogP contribution in [-0.4, -0.2) is 35.4 Å². The molecule has 0 aromatic heterocycles. The number of halogens is 3. The molecule has 1 amide bonds. The van der Waals surface area contributed by atoms with E-state index in [0.29, 0.717) is 12.8 Å². The van der Waals surface area contributed by atoms with Crippen LogP contribution in [0.1, 0.15) is 47.5 Å². The molecule has 0 radical (unpaired) electrons. The highest BCUT2D eigenvalue weighted by Crippen LogP contribution is 2.26. The Morgan fingerprint density at radius 2 is 1.78 bits per heavy atom. The maximum Gasteiger partial charge on any atom is 0.410 e. The van der Waals surface area contributed by atoms with Gasteiger partial charge in [-0.25, -0.2) is 4.79 Å². The summed E-state index contributed by atoms with van der Waals surface area (Å²) in [5, 5.41) is 0. The van der Waals surface area contributed by atoms with Crippen molar-refractivity contribution >= 4 is 6.09 Å². The second kappa shape index (κ2) is 6.29. The number of rotatable bonds is 4. The van der Waals surface area contributed by atoms with Crippen molar-refractivity contribution in [2.75, 3.05) is 6.54 Å². The molecule has 0 aromatic rings. The molecule has 6 heteroatoms. The summed E-state index contributed by atoms with van der Waals surface area (Å²) in [6.45, 7) is 7.75. The number of carbonyl (C=O) groups is 1. The average molecular weight is 269 g/mol. The van der Waals surface area contributed by atoms with Crippen LogP contribution in [0.3, 0.4) is 0 Å². The first-order chi connectivity index (χ1) is 7.99. The second-order valence-electron chi connectivity index (χ2n) is 5.24. The van der Waals surface area contributed by atoms with Crippen LogP contribution in [0.4, 0.5) is 18.0 Å². The van der Waals surface area contributed by atoms with Gasteiger partial charge in [-0.15, -0.1) is 0 Å². The van der Waals surface area contributed by atoms with Crippen molar-refractivity contribution in [2.24, 2.45) is 0 Å². The van der Waals surface area contributed by atoms with Gasteiger partial charge >= 0.3 is 12.3 Å². The number of amides is 1. The molecule has 0 aliphatic rings. The van der Waals surface area contributed by atoms with Crippen LogP contribution in [-0.2, 0) is 4.74 Å². The van der Waals surface area contributed by atoms with Gasteiger partial charge in [0, 0.05) is 6.54 Å². The molecule has 3 nitrogen and oxygen atoms in total. The van der Waals surface area contributed by atoms with E-state index < -0.39 is 23.9 Å². The Bertz CT molecular complexity index is 271. The van der Waals surface area contributed by atoms with Gasteiger partial charge in [0.25, 0.3) is 0 Å². The van der Waals surface area contributed by atoms with E-state index in [4.69, 9.17) is 4.74 Å². The maximum atomic E-state index is 12.7. The van der Waals surface area contributed by atoms with E-state index in [1.165, 1.54) is 0 Å². The first-order valence-corrected chi connectivity index (χ1v) is 6.05. The molecule has 0 saturated carbocycles. The van der Waals surface area contributed by atoms with Crippen LogP contribution in [0.5, 0.6) is 0 Å². The Morgan fingerprint density at radius 1 is 1.28 bits per heavy atom. The molecule has 0 fully saturated rings. The number of nitrogens with zero attached hydrogens (tertiary/aromatic N) is 1. The number of alkyl halides is 3. The predicted octanol–water partition coefficient (Wildman–Crippen LogP) is 3.97. The van der Waals surface area contributed by atoms with Crippen LogP contribution < -0.4 is 0 Å². The maximum absolute atomic E-state index is 12.7. The zero-order chi connectivity index (χ0) is 14.6. The highest BCUT2D eigenvalue weighted by atomic mass is 19.4. The highest BCUT2D eigenvalue weighted by molar-refractivity contribution is 5.68. The summed E-state index contributed by atoms with van der Waals surface area (Å²) in [7, 11) is 0. The van der Waals surface area contributed by atoms with E-state index in [1.807, 2.05) is 6.92 Å². The van der Waals surface area contributed by atoms with Gasteiger partial charge in [0.1, 0.15) is 11.6 Å². The molecule has 1 unspecified atom stereocenters. The fourth-order valence-electron chi connectivity index (χ4n) is 1.27. The van der Waals surface area contributed by atoms with Gasteiger partial charge in [-0.1, -0.05) is 13.3 Å². The van der Waals surface area contributed by atoms with Gasteiger partial charge < -0.3 is 4.74 Å². The number of hydrogen-bond donors (Lipinski definition) is 0. The third-order valence-corrected chi connectivity index (χ3v) is 2.32. The molecule has 0 rings (SSSR count). The summed E-state index contributed by atoms with van der Waals surface area (Å²) in [5.74, 6) is 0. The third kappa shape index (κ3) is 6.12. The van der Waals surface area contributed by atoms with Gasteiger partial charge in [0.2, 0.25) is 0 Å². The second-order valence-corrected chi connectivity index (χ2v) is 5.24. The number of hydrogen-bond acceptors (Lipinski definition) is 2. The topological polar surface area (TPSA) is 29.5 Å². The van der Waals surface area contributed by atoms with E-state index in [9.17, 15) is 18.0 Å². The van der Waals surface area contributed by atoms with Gasteiger partial charge in [0.15, 0.2) is 0 Å². The summed E-state index contributed by atoms with van der Waals surface area (Å²) in [6.07, 6.45) is -4.13. The minimum atomic E-state index is -4.44. The quantitative estimate of drug-likeness (QED) is 0.772. The molecule has 0 heterocycles. The lowest BCUT2D eigenvalue weighted by molar-refractivity contribution is -0.176. The van der Waals surface area contributed by atoms with E-state index in [1.54, 1.807) is 20.8 Å². The number of unbranched alkanes of at least 4 members (excludes halogenated alkanes) is 1. The molecule has 0 aliphatic carbocycles. The van der Waals surface area contributed by atoms with Gasteiger partial charge in [-0.05, 0) is 34.1 Å². The van der Waals surface area contributed by atoms with Crippen LogP contribution in [0.15, 0.2) is 0 Å². The monoisotopic (exact) mass is 269 g/mol.